The van der Waals surface area contributed by atoms with Crippen molar-refractivity contribution < 1.29 is 14.3 Å². The average molecular weight is 235 g/mol. The van der Waals surface area contributed by atoms with E-state index in [0.717, 1.165) is 18.6 Å². The van der Waals surface area contributed by atoms with Gasteiger partial charge in [-0.3, -0.25) is 4.79 Å². The van der Waals surface area contributed by atoms with Crippen molar-refractivity contribution in [3.05, 3.63) is 34.9 Å². The van der Waals surface area contributed by atoms with E-state index in [0.29, 0.717) is 6.61 Å². The molecule has 1 aliphatic heterocycles. The molecule has 1 heterocycles. The zero-order valence-electron chi connectivity index (χ0n) is 9.94. The van der Waals surface area contributed by atoms with E-state index in [9.17, 15) is 4.79 Å². The predicted octanol–water partition coefficient (Wildman–Crippen LogP) is 0.975. The van der Waals surface area contributed by atoms with Gasteiger partial charge in [0.25, 0.3) is 0 Å². The molecule has 0 fully saturated rings. The van der Waals surface area contributed by atoms with Crippen molar-refractivity contribution in [2.24, 2.45) is 5.73 Å². The smallest absolute Gasteiger partial charge is 0.314 e. The van der Waals surface area contributed by atoms with Gasteiger partial charge in [0.1, 0.15) is 0 Å². The van der Waals surface area contributed by atoms with E-state index < -0.39 is 0 Å². The maximum absolute atomic E-state index is 11.6. The average Bonchev–Trinajstić information content (AvgIpc) is 2.39. The number of rotatable bonds is 3. The van der Waals surface area contributed by atoms with Crippen molar-refractivity contribution in [3.8, 4) is 0 Å². The SMILES string of the molecule is COC(=O)C(CN)c1ccc2c(c1)CCOC2. The molecule has 0 aromatic heterocycles. The molecule has 92 valence electrons. The van der Waals surface area contributed by atoms with Gasteiger partial charge in [-0.15, -0.1) is 0 Å². The first-order valence-corrected chi connectivity index (χ1v) is 5.73. The Morgan fingerprint density at radius 1 is 1.53 bits per heavy atom. The molecule has 0 saturated heterocycles. The quantitative estimate of drug-likeness (QED) is 0.793. The summed E-state index contributed by atoms with van der Waals surface area (Å²) in [7, 11) is 1.39. The largest absolute Gasteiger partial charge is 0.469 e. The monoisotopic (exact) mass is 235 g/mol. The van der Waals surface area contributed by atoms with Crippen LogP contribution >= 0.6 is 0 Å². The van der Waals surface area contributed by atoms with Crippen molar-refractivity contribution in [1.82, 2.24) is 0 Å². The third kappa shape index (κ3) is 2.48. The summed E-state index contributed by atoms with van der Waals surface area (Å²) in [5.74, 6) is -0.646. The lowest BCUT2D eigenvalue weighted by atomic mass is 9.93. The van der Waals surface area contributed by atoms with Crippen LogP contribution in [0.3, 0.4) is 0 Å². The van der Waals surface area contributed by atoms with Crippen LogP contribution in [0, 0.1) is 0 Å². The Kier molecular flexibility index (Phi) is 3.76. The van der Waals surface area contributed by atoms with E-state index in [1.54, 1.807) is 0 Å². The number of fused-ring (bicyclic) bond motifs is 1. The van der Waals surface area contributed by atoms with Crippen molar-refractivity contribution in [3.63, 3.8) is 0 Å². The first-order valence-electron chi connectivity index (χ1n) is 5.73. The molecule has 4 heteroatoms. The molecular formula is C13H17NO3. The first-order chi connectivity index (χ1) is 8.26. The molecule has 17 heavy (non-hydrogen) atoms. The number of methoxy groups -OCH3 is 1. The second-order valence-electron chi connectivity index (χ2n) is 4.14. The summed E-state index contributed by atoms with van der Waals surface area (Å²) < 4.78 is 10.1. The Morgan fingerprint density at radius 2 is 2.35 bits per heavy atom. The molecule has 4 nitrogen and oxygen atoms in total. The maximum atomic E-state index is 11.6. The second kappa shape index (κ2) is 5.29. The lowest BCUT2D eigenvalue weighted by Gasteiger charge is -2.19. The van der Waals surface area contributed by atoms with E-state index in [1.807, 2.05) is 18.2 Å². The van der Waals surface area contributed by atoms with Gasteiger partial charge in [0, 0.05) is 6.54 Å². The van der Waals surface area contributed by atoms with Crippen molar-refractivity contribution in [2.45, 2.75) is 18.9 Å². The van der Waals surface area contributed by atoms with Crippen LogP contribution in [0.15, 0.2) is 18.2 Å². The Morgan fingerprint density at radius 3 is 3.06 bits per heavy atom. The standard InChI is InChI=1S/C13H17NO3/c1-16-13(15)12(7-14)10-2-3-11-8-17-5-4-9(11)6-10/h2-3,6,12H,4-5,7-8,14H2,1H3. The zero-order chi connectivity index (χ0) is 12.3. The Balaban J connectivity index is 2.29. The van der Waals surface area contributed by atoms with Crippen molar-refractivity contribution >= 4 is 5.97 Å². The number of carbonyl (C=O) groups excluding carboxylic acids is 1. The van der Waals surface area contributed by atoms with Crippen LogP contribution < -0.4 is 5.73 Å². The summed E-state index contributed by atoms with van der Waals surface area (Å²) in [6.45, 7) is 1.66. The van der Waals surface area contributed by atoms with Gasteiger partial charge >= 0.3 is 5.97 Å². The highest BCUT2D eigenvalue weighted by Crippen LogP contribution is 2.23. The van der Waals surface area contributed by atoms with Crippen molar-refractivity contribution in [1.29, 1.82) is 0 Å². The molecule has 1 aromatic rings. The lowest BCUT2D eigenvalue weighted by Crippen LogP contribution is -2.23. The number of carbonyl (C=O) groups is 1. The van der Waals surface area contributed by atoms with E-state index >= 15 is 0 Å². The van der Waals surface area contributed by atoms with Gasteiger partial charge in [0.05, 0.1) is 26.2 Å². The summed E-state index contributed by atoms with van der Waals surface area (Å²) in [4.78, 5) is 11.6. The third-order valence-corrected chi connectivity index (χ3v) is 3.13. The van der Waals surface area contributed by atoms with E-state index in [-0.39, 0.29) is 18.4 Å². The number of benzene rings is 1. The number of hydrogen-bond acceptors (Lipinski definition) is 4. The Hall–Kier alpha value is -1.39. The predicted molar refractivity (Wildman–Crippen MR) is 63.6 cm³/mol. The van der Waals surface area contributed by atoms with E-state index in [4.69, 9.17) is 15.2 Å². The second-order valence-corrected chi connectivity index (χ2v) is 4.14. The van der Waals surface area contributed by atoms with Gasteiger partial charge in [-0.2, -0.15) is 0 Å². The van der Waals surface area contributed by atoms with Crippen LogP contribution in [0.1, 0.15) is 22.6 Å². The minimum absolute atomic E-state index is 0.266. The molecule has 0 spiro atoms. The fourth-order valence-electron chi connectivity index (χ4n) is 2.11. The highest BCUT2D eigenvalue weighted by molar-refractivity contribution is 5.78. The summed E-state index contributed by atoms with van der Waals surface area (Å²) in [6, 6.07) is 5.99. The number of ether oxygens (including phenoxy) is 2. The fourth-order valence-corrected chi connectivity index (χ4v) is 2.11. The van der Waals surface area contributed by atoms with Gasteiger partial charge in [-0.05, 0) is 23.1 Å². The molecule has 0 radical (unpaired) electrons. The molecule has 2 N–H and O–H groups in total. The molecule has 1 atom stereocenters. The molecule has 1 aliphatic rings. The van der Waals surface area contributed by atoms with Crippen LogP contribution in [0.2, 0.25) is 0 Å². The van der Waals surface area contributed by atoms with Gasteiger partial charge in [-0.25, -0.2) is 0 Å². The molecule has 2 rings (SSSR count). The summed E-state index contributed by atoms with van der Waals surface area (Å²) in [5, 5.41) is 0. The fraction of sp³-hybridized carbons (Fsp3) is 0.462. The molecule has 1 unspecified atom stereocenters. The van der Waals surface area contributed by atoms with Crippen LogP contribution in [-0.2, 0) is 27.3 Å². The van der Waals surface area contributed by atoms with Gasteiger partial charge in [-0.1, -0.05) is 18.2 Å². The van der Waals surface area contributed by atoms with Crippen LogP contribution in [0.4, 0.5) is 0 Å². The van der Waals surface area contributed by atoms with Crippen LogP contribution in [0.25, 0.3) is 0 Å². The van der Waals surface area contributed by atoms with E-state index in [1.165, 1.54) is 18.2 Å². The summed E-state index contributed by atoms with van der Waals surface area (Å²) in [6.07, 6.45) is 0.891. The van der Waals surface area contributed by atoms with Crippen LogP contribution in [-0.4, -0.2) is 26.2 Å². The number of hydrogen-bond donors (Lipinski definition) is 1. The molecule has 1 aromatic carbocycles. The summed E-state index contributed by atoms with van der Waals surface area (Å²) >= 11 is 0. The van der Waals surface area contributed by atoms with Gasteiger partial charge in [0.15, 0.2) is 0 Å². The topological polar surface area (TPSA) is 61.5 Å². The summed E-state index contributed by atoms with van der Waals surface area (Å²) in [5.41, 5.74) is 9.00. The Bertz CT molecular complexity index is 417. The molecule has 0 aliphatic carbocycles. The van der Waals surface area contributed by atoms with Crippen molar-refractivity contribution in [2.75, 3.05) is 20.3 Å². The lowest BCUT2D eigenvalue weighted by molar-refractivity contribution is -0.142. The highest BCUT2D eigenvalue weighted by atomic mass is 16.5. The molecule has 0 bridgehead atoms. The van der Waals surface area contributed by atoms with Gasteiger partial charge < -0.3 is 15.2 Å². The zero-order valence-corrected chi connectivity index (χ0v) is 9.94. The maximum Gasteiger partial charge on any atom is 0.314 e. The third-order valence-electron chi connectivity index (χ3n) is 3.13. The number of nitrogens with two attached hydrogens (primary N) is 1. The first kappa shape index (κ1) is 12.1. The normalized spacial score (nSPS) is 16.1. The molecule has 0 amide bonds. The Labute approximate surface area is 101 Å². The van der Waals surface area contributed by atoms with Crippen LogP contribution in [0.5, 0.6) is 0 Å². The number of esters is 1. The minimum Gasteiger partial charge on any atom is -0.469 e. The molecule has 0 saturated carbocycles. The highest BCUT2D eigenvalue weighted by Gasteiger charge is 2.21. The molecular weight excluding hydrogens is 218 g/mol. The van der Waals surface area contributed by atoms with Gasteiger partial charge in [0.2, 0.25) is 0 Å². The minimum atomic E-state index is -0.367. The van der Waals surface area contributed by atoms with E-state index in [2.05, 4.69) is 0 Å².